The van der Waals surface area contributed by atoms with Crippen LogP contribution in [-0.4, -0.2) is 21.1 Å². The maximum absolute atomic E-state index is 12.6. The second kappa shape index (κ2) is 5.39. The number of H-pyrrole nitrogens is 1. The summed E-state index contributed by atoms with van der Waals surface area (Å²) in [5.41, 5.74) is 3.15. The summed E-state index contributed by atoms with van der Waals surface area (Å²) in [6.07, 6.45) is 0. The minimum Gasteiger partial charge on any atom is -0.408 e. The Morgan fingerprint density at radius 1 is 1.22 bits per heavy atom. The Hall–Kier alpha value is -2.89. The molecule has 1 aromatic carbocycles. The summed E-state index contributed by atoms with van der Waals surface area (Å²) in [5, 5.41) is 0. The maximum Gasteiger partial charge on any atom is 0.420 e. The van der Waals surface area contributed by atoms with E-state index in [0.29, 0.717) is 33.6 Å². The number of fused-ring (bicyclic) bond motifs is 1. The fourth-order valence-electron chi connectivity index (χ4n) is 2.94. The van der Waals surface area contributed by atoms with E-state index in [4.69, 9.17) is 4.42 Å². The van der Waals surface area contributed by atoms with Gasteiger partial charge < -0.3 is 9.40 Å². The van der Waals surface area contributed by atoms with Crippen LogP contribution >= 0.6 is 0 Å². The van der Waals surface area contributed by atoms with Gasteiger partial charge in [-0.15, -0.1) is 0 Å². The molecular formula is C17H16N2O4. The van der Waals surface area contributed by atoms with Crippen LogP contribution < -0.4 is 5.76 Å². The van der Waals surface area contributed by atoms with E-state index in [1.54, 1.807) is 38.1 Å². The third-order valence-corrected chi connectivity index (χ3v) is 3.94. The molecular weight excluding hydrogens is 296 g/mol. The summed E-state index contributed by atoms with van der Waals surface area (Å²) in [4.78, 5) is 39.1. The van der Waals surface area contributed by atoms with Gasteiger partial charge in [-0.1, -0.05) is 12.1 Å². The van der Waals surface area contributed by atoms with Gasteiger partial charge in [-0.25, -0.2) is 4.79 Å². The van der Waals surface area contributed by atoms with E-state index >= 15 is 0 Å². The predicted molar refractivity (Wildman–Crippen MR) is 85.1 cm³/mol. The molecule has 118 valence electrons. The van der Waals surface area contributed by atoms with Gasteiger partial charge >= 0.3 is 5.76 Å². The summed E-state index contributed by atoms with van der Waals surface area (Å²) in [7, 11) is 0. The van der Waals surface area contributed by atoms with Crippen molar-refractivity contribution in [3.63, 3.8) is 0 Å². The molecule has 23 heavy (non-hydrogen) atoms. The van der Waals surface area contributed by atoms with E-state index in [2.05, 4.69) is 4.98 Å². The van der Waals surface area contributed by atoms with E-state index < -0.39 is 5.76 Å². The zero-order valence-electron chi connectivity index (χ0n) is 13.1. The van der Waals surface area contributed by atoms with Crippen LogP contribution in [0.1, 0.15) is 39.0 Å². The number of nitrogens with one attached hydrogen (secondary N) is 1. The Labute approximate surface area is 131 Å². The molecule has 1 N–H and O–H groups in total. The van der Waals surface area contributed by atoms with Crippen molar-refractivity contribution >= 4 is 22.7 Å². The largest absolute Gasteiger partial charge is 0.420 e. The molecule has 0 bridgehead atoms. The highest BCUT2D eigenvalue weighted by molar-refractivity contribution is 6.03. The Morgan fingerprint density at radius 2 is 1.91 bits per heavy atom. The number of rotatable bonds is 4. The van der Waals surface area contributed by atoms with Crippen LogP contribution in [0.4, 0.5) is 0 Å². The molecule has 0 aliphatic rings. The third kappa shape index (κ3) is 2.42. The number of aromatic amines is 1. The molecule has 2 aromatic heterocycles. The molecule has 3 rings (SSSR count). The lowest BCUT2D eigenvalue weighted by atomic mass is 10.1. The summed E-state index contributed by atoms with van der Waals surface area (Å²) in [6, 6.07) is 6.93. The SMILES string of the molecule is CC(=O)c1c(C)[nH]c(C(=O)Cn2c(=O)oc3ccccc32)c1C. The molecule has 0 atom stereocenters. The van der Waals surface area contributed by atoms with Crippen molar-refractivity contribution in [1.82, 2.24) is 9.55 Å². The first-order valence-electron chi connectivity index (χ1n) is 7.21. The van der Waals surface area contributed by atoms with Crippen molar-refractivity contribution < 1.29 is 14.0 Å². The number of aryl methyl sites for hydroxylation is 1. The zero-order valence-corrected chi connectivity index (χ0v) is 13.1. The highest BCUT2D eigenvalue weighted by Gasteiger charge is 2.21. The number of nitrogens with zero attached hydrogens (tertiary/aromatic N) is 1. The molecule has 0 amide bonds. The highest BCUT2D eigenvalue weighted by Crippen LogP contribution is 2.20. The van der Waals surface area contributed by atoms with Gasteiger partial charge in [0.2, 0.25) is 0 Å². The topological polar surface area (TPSA) is 85.1 Å². The van der Waals surface area contributed by atoms with Gasteiger partial charge in [0.25, 0.3) is 0 Å². The van der Waals surface area contributed by atoms with Crippen LogP contribution in [0.5, 0.6) is 0 Å². The number of carbonyl (C=O) groups excluding carboxylic acids is 2. The lowest BCUT2D eigenvalue weighted by Gasteiger charge is -2.02. The molecule has 0 fully saturated rings. The van der Waals surface area contributed by atoms with E-state index in [0.717, 1.165) is 0 Å². The van der Waals surface area contributed by atoms with Crippen molar-refractivity contribution in [2.24, 2.45) is 0 Å². The fraction of sp³-hybridized carbons (Fsp3) is 0.235. The lowest BCUT2D eigenvalue weighted by Crippen LogP contribution is -2.20. The van der Waals surface area contributed by atoms with Gasteiger partial charge in [0, 0.05) is 11.3 Å². The van der Waals surface area contributed by atoms with Crippen LogP contribution in [0.2, 0.25) is 0 Å². The molecule has 0 radical (unpaired) electrons. The van der Waals surface area contributed by atoms with Crippen molar-refractivity contribution in [3.05, 3.63) is 57.3 Å². The van der Waals surface area contributed by atoms with Crippen LogP contribution in [0, 0.1) is 13.8 Å². The first-order valence-corrected chi connectivity index (χ1v) is 7.21. The molecule has 0 aliphatic heterocycles. The van der Waals surface area contributed by atoms with Crippen LogP contribution in [0.3, 0.4) is 0 Å². The van der Waals surface area contributed by atoms with Crippen molar-refractivity contribution in [3.8, 4) is 0 Å². The number of carbonyl (C=O) groups is 2. The number of ketones is 2. The molecule has 3 aromatic rings. The van der Waals surface area contributed by atoms with Gasteiger partial charge in [-0.2, -0.15) is 0 Å². The van der Waals surface area contributed by atoms with Gasteiger partial charge in [0.15, 0.2) is 17.1 Å². The van der Waals surface area contributed by atoms with Gasteiger partial charge in [-0.3, -0.25) is 14.2 Å². The second-order valence-electron chi connectivity index (χ2n) is 5.53. The minimum atomic E-state index is -0.577. The first-order chi connectivity index (χ1) is 10.9. The predicted octanol–water partition coefficient (Wildman–Crippen LogP) is 2.62. The standard InChI is InChI=1S/C17H16N2O4/c1-9-15(11(3)20)10(2)18-16(9)13(21)8-19-12-6-4-5-7-14(12)23-17(19)22/h4-7,18H,8H2,1-3H3. The maximum atomic E-state index is 12.6. The second-order valence-corrected chi connectivity index (χ2v) is 5.53. The van der Waals surface area contributed by atoms with E-state index in [1.807, 2.05) is 0 Å². The Bertz CT molecular complexity index is 988. The molecule has 6 heteroatoms. The van der Waals surface area contributed by atoms with Crippen molar-refractivity contribution in [2.75, 3.05) is 0 Å². The summed E-state index contributed by atoms with van der Waals surface area (Å²) >= 11 is 0. The summed E-state index contributed by atoms with van der Waals surface area (Å²) in [6.45, 7) is 4.79. The molecule has 0 saturated heterocycles. The zero-order chi connectivity index (χ0) is 16.7. The van der Waals surface area contributed by atoms with E-state index in [1.165, 1.54) is 11.5 Å². The normalized spacial score (nSPS) is 11.1. The summed E-state index contributed by atoms with van der Waals surface area (Å²) < 4.78 is 6.42. The van der Waals surface area contributed by atoms with Crippen molar-refractivity contribution in [1.29, 1.82) is 0 Å². The molecule has 6 nitrogen and oxygen atoms in total. The van der Waals surface area contributed by atoms with Crippen LogP contribution in [-0.2, 0) is 6.54 Å². The van der Waals surface area contributed by atoms with Gasteiger partial charge in [-0.05, 0) is 38.5 Å². The summed E-state index contributed by atoms with van der Waals surface area (Å²) in [5.74, 6) is -0.944. The molecule has 0 aliphatic carbocycles. The number of para-hydroxylation sites is 2. The molecule has 0 unspecified atom stereocenters. The Balaban J connectivity index is 2.02. The smallest absolute Gasteiger partial charge is 0.408 e. The van der Waals surface area contributed by atoms with Gasteiger partial charge in [0.1, 0.15) is 0 Å². The van der Waals surface area contributed by atoms with Crippen LogP contribution in [0.15, 0.2) is 33.5 Å². The number of oxazole rings is 1. The number of Topliss-reactive ketones (excluding diaryl/α,β-unsaturated/α-hetero) is 2. The molecule has 0 spiro atoms. The fourth-order valence-corrected chi connectivity index (χ4v) is 2.94. The number of hydrogen-bond acceptors (Lipinski definition) is 4. The minimum absolute atomic E-state index is 0.0961. The third-order valence-electron chi connectivity index (χ3n) is 3.94. The quantitative estimate of drug-likeness (QED) is 0.750. The first kappa shape index (κ1) is 15.0. The monoisotopic (exact) mass is 312 g/mol. The van der Waals surface area contributed by atoms with E-state index in [9.17, 15) is 14.4 Å². The average molecular weight is 312 g/mol. The lowest BCUT2D eigenvalue weighted by molar-refractivity contribution is 0.0965. The number of aromatic nitrogens is 2. The Morgan fingerprint density at radius 3 is 2.57 bits per heavy atom. The molecule has 2 heterocycles. The van der Waals surface area contributed by atoms with Gasteiger partial charge in [0.05, 0.1) is 17.8 Å². The number of hydrogen-bond donors (Lipinski definition) is 1. The van der Waals surface area contributed by atoms with Crippen LogP contribution in [0.25, 0.3) is 11.1 Å². The average Bonchev–Trinajstić information content (AvgIpc) is 2.96. The Kier molecular flexibility index (Phi) is 3.52. The molecule has 0 saturated carbocycles. The van der Waals surface area contributed by atoms with E-state index in [-0.39, 0.29) is 18.1 Å². The van der Waals surface area contributed by atoms with Crippen molar-refractivity contribution in [2.45, 2.75) is 27.3 Å². The highest BCUT2D eigenvalue weighted by atomic mass is 16.4. The number of benzene rings is 1.